The molecule has 4 heteroatoms. The summed E-state index contributed by atoms with van der Waals surface area (Å²) >= 11 is 0. The van der Waals surface area contributed by atoms with Gasteiger partial charge in [0.15, 0.2) is 11.6 Å². The van der Waals surface area contributed by atoms with E-state index in [2.05, 4.69) is 24.1 Å². The van der Waals surface area contributed by atoms with E-state index < -0.39 is 0 Å². The molecule has 1 heterocycles. The van der Waals surface area contributed by atoms with Crippen molar-refractivity contribution in [3.8, 4) is 5.75 Å². The van der Waals surface area contributed by atoms with Crippen molar-refractivity contribution in [3.63, 3.8) is 0 Å². The summed E-state index contributed by atoms with van der Waals surface area (Å²) in [5.74, 6) is 0.612. The molecule has 0 aromatic heterocycles. The minimum Gasteiger partial charge on any atom is -0.494 e. The summed E-state index contributed by atoms with van der Waals surface area (Å²) in [6.07, 6.45) is 2.51. The molecule has 0 radical (unpaired) electrons. The average Bonchev–Trinajstić information content (AvgIpc) is 2.49. The zero-order valence-corrected chi connectivity index (χ0v) is 12.7. The van der Waals surface area contributed by atoms with Gasteiger partial charge >= 0.3 is 0 Å². The Kier molecular flexibility index (Phi) is 5.24. The van der Waals surface area contributed by atoms with E-state index in [0.29, 0.717) is 17.7 Å². The molecule has 0 aliphatic carbocycles. The molecule has 112 valence electrons. The van der Waals surface area contributed by atoms with Crippen LogP contribution in [0.3, 0.4) is 0 Å². The zero-order chi connectivity index (χ0) is 14.5. The first kappa shape index (κ1) is 15.1. The normalized spacial score (nSPS) is 21.5. The number of ether oxygens (including phenoxy) is 1. The maximum absolute atomic E-state index is 13.4. The maximum Gasteiger partial charge on any atom is 0.165 e. The van der Waals surface area contributed by atoms with E-state index in [4.69, 9.17) is 4.74 Å². The third-order valence-electron chi connectivity index (χ3n) is 4.24. The molecular weight excluding hydrogens is 255 g/mol. The average molecular weight is 280 g/mol. The van der Waals surface area contributed by atoms with Crippen LogP contribution in [-0.4, -0.2) is 37.7 Å². The van der Waals surface area contributed by atoms with Crippen LogP contribution in [0.1, 0.15) is 26.7 Å². The highest BCUT2D eigenvalue weighted by molar-refractivity contribution is 5.49. The highest BCUT2D eigenvalue weighted by atomic mass is 19.1. The van der Waals surface area contributed by atoms with Gasteiger partial charge in [-0.05, 0) is 50.9 Å². The van der Waals surface area contributed by atoms with E-state index in [1.54, 1.807) is 12.1 Å². The van der Waals surface area contributed by atoms with E-state index >= 15 is 0 Å². The number of nitrogens with one attached hydrogen (secondary N) is 1. The number of halogens is 1. The lowest BCUT2D eigenvalue weighted by molar-refractivity contribution is 0.172. The van der Waals surface area contributed by atoms with E-state index in [1.807, 2.05) is 0 Å². The van der Waals surface area contributed by atoms with Crippen molar-refractivity contribution in [3.05, 3.63) is 24.0 Å². The molecule has 0 amide bonds. The van der Waals surface area contributed by atoms with Crippen LogP contribution in [0.2, 0.25) is 0 Å². The van der Waals surface area contributed by atoms with Crippen molar-refractivity contribution < 1.29 is 9.13 Å². The van der Waals surface area contributed by atoms with Gasteiger partial charge in [0.05, 0.1) is 7.11 Å². The van der Waals surface area contributed by atoms with Crippen molar-refractivity contribution in [1.82, 2.24) is 4.90 Å². The van der Waals surface area contributed by atoms with Gasteiger partial charge < -0.3 is 15.0 Å². The molecule has 1 fully saturated rings. The standard InChI is InChI=1S/C16H25FN2O/c1-4-19-9-5-6-13(11-19)12(2)18-14-7-8-15(17)16(10-14)20-3/h7-8,10,12-13,18H,4-6,9,11H2,1-3H3. The summed E-state index contributed by atoms with van der Waals surface area (Å²) in [5, 5.41) is 3.48. The van der Waals surface area contributed by atoms with E-state index in [0.717, 1.165) is 18.8 Å². The zero-order valence-electron chi connectivity index (χ0n) is 12.7. The van der Waals surface area contributed by atoms with Gasteiger partial charge in [-0.1, -0.05) is 6.92 Å². The Hall–Kier alpha value is -1.29. The number of hydrogen-bond donors (Lipinski definition) is 1. The Labute approximate surface area is 121 Å². The third-order valence-corrected chi connectivity index (χ3v) is 4.24. The van der Waals surface area contributed by atoms with E-state index in [1.165, 1.54) is 32.6 Å². The number of piperidine rings is 1. The van der Waals surface area contributed by atoms with Gasteiger partial charge in [0, 0.05) is 24.3 Å². The van der Waals surface area contributed by atoms with Crippen molar-refractivity contribution in [2.75, 3.05) is 32.1 Å². The van der Waals surface area contributed by atoms with Gasteiger partial charge in [0.25, 0.3) is 0 Å². The van der Waals surface area contributed by atoms with Crippen LogP contribution < -0.4 is 10.1 Å². The molecule has 1 saturated heterocycles. The Bertz CT molecular complexity index is 438. The fourth-order valence-electron chi connectivity index (χ4n) is 2.92. The molecule has 1 aliphatic heterocycles. The van der Waals surface area contributed by atoms with E-state index in [9.17, 15) is 4.39 Å². The molecule has 2 unspecified atom stereocenters. The van der Waals surface area contributed by atoms with E-state index in [-0.39, 0.29) is 5.82 Å². The summed E-state index contributed by atoms with van der Waals surface area (Å²) in [7, 11) is 1.49. The second-order valence-electron chi connectivity index (χ2n) is 5.58. The van der Waals surface area contributed by atoms with Crippen LogP contribution >= 0.6 is 0 Å². The molecule has 1 N–H and O–H groups in total. The lowest BCUT2D eigenvalue weighted by Gasteiger charge is -2.35. The minimum atomic E-state index is -0.319. The van der Waals surface area contributed by atoms with Gasteiger partial charge in [-0.15, -0.1) is 0 Å². The monoisotopic (exact) mass is 280 g/mol. The van der Waals surface area contributed by atoms with Crippen LogP contribution in [0.25, 0.3) is 0 Å². The van der Waals surface area contributed by atoms with Crippen LogP contribution in [0.15, 0.2) is 18.2 Å². The fraction of sp³-hybridized carbons (Fsp3) is 0.625. The SMILES string of the molecule is CCN1CCCC(C(C)Nc2ccc(F)c(OC)c2)C1. The topological polar surface area (TPSA) is 24.5 Å². The highest BCUT2D eigenvalue weighted by Crippen LogP contribution is 2.25. The molecule has 0 saturated carbocycles. The summed E-state index contributed by atoms with van der Waals surface area (Å²) < 4.78 is 18.4. The molecular formula is C16H25FN2O. The summed E-state index contributed by atoms with van der Waals surface area (Å²) in [4.78, 5) is 2.50. The second kappa shape index (κ2) is 6.93. The van der Waals surface area contributed by atoms with Gasteiger partial charge in [-0.2, -0.15) is 0 Å². The lowest BCUT2D eigenvalue weighted by atomic mass is 9.91. The van der Waals surface area contributed by atoms with Crippen LogP contribution in [0, 0.1) is 11.7 Å². The number of nitrogens with zero attached hydrogens (tertiary/aromatic N) is 1. The van der Waals surface area contributed by atoms with Crippen LogP contribution in [0.5, 0.6) is 5.75 Å². The van der Waals surface area contributed by atoms with Crippen molar-refractivity contribution in [1.29, 1.82) is 0 Å². The van der Waals surface area contributed by atoms with Crippen LogP contribution in [-0.2, 0) is 0 Å². The molecule has 3 nitrogen and oxygen atoms in total. The Morgan fingerprint density at radius 3 is 3.00 bits per heavy atom. The number of anilines is 1. The minimum absolute atomic E-state index is 0.293. The third kappa shape index (κ3) is 3.63. The van der Waals surface area contributed by atoms with Crippen LogP contribution in [0.4, 0.5) is 10.1 Å². The van der Waals surface area contributed by atoms with Gasteiger partial charge in [-0.3, -0.25) is 0 Å². The molecule has 1 aromatic rings. The number of benzene rings is 1. The summed E-state index contributed by atoms with van der Waals surface area (Å²) in [5.41, 5.74) is 0.921. The Morgan fingerprint density at radius 2 is 2.30 bits per heavy atom. The predicted molar refractivity (Wildman–Crippen MR) is 80.9 cm³/mol. The largest absolute Gasteiger partial charge is 0.494 e. The molecule has 2 rings (SSSR count). The van der Waals surface area contributed by atoms with Crippen molar-refractivity contribution in [2.24, 2.45) is 5.92 Å². The van der Waals surface area contributed by atoms with Gasteiger partial charge in [0.2, 0.25) is 0 Å². The number of hydrogen-bond acceptors (Lipinski definition) is 3. The Morgan fingerprint density at radius 1 is 1.50 bits per heavy atom. The van der Waals surface area contributed by atoms with Crippen molar-refractivity contribution in [2.45, 2.75) is 32.7 Å². The number of likely N-dealkylation sites (tertiary alicyclic amines) is 1. The first-order valence-corrected chi connectivity index (χ1v) is 7.46. The lowest BCUT2D eigenvalue weighted by Crippen LogP contribution is -2.41. The molecule has 1 aliphatic rings. The quantitative estimate of drug-likeness (QED) is 0.895. The Balaban J connectivity index is 1.98. The fourth-order valence-corrected chi connectivity index (χ4v) is 2.92. The molecule has 0 bridgehead atoms. The second-order valence-corrected chi connectivity index (χ2v) is 5.58. The van der Waals surface area contributed by atoms with Gasteiger partial charge in [0.1, 0.15) is 0 Å². The molecule has 1 aromatic carbocycles. The maximum atomic E-state index is 13.4. The molecule has 0 spiro atoms. The first-order valence-electron chi connectivity index (χ1n) is 7.46. The first-order chi connectivity index (χ1) is 9.63. The van der Waals surface area contributed by atoms with Gasteiger partial charge in [-0.25, -0.2) is 4.39 Å². The number of methoxy groups -OCH3 is 1. The smallest absolute Gasteiger partial charge is 0.165 e. The van der Waals surface area contributed by atoms with Crippen molar-refractivity contribution >= 4 is 5.69 Å². The number of rotatable bonds is 5. The highest BCUT2D eigenvalue weighted by Gasteiger charge is 2.23. The molecule has 2 atom stereocenters. The summed E-state index contributed by atoms with van der Waals surface area (Å²) in [6, 6.07) is 5.33. The predicted octanol–water partition coefficient (Wildman–Crippen LogP) is 3.37. The summed E-state index contributed by atoms with van der Waals surface area (Å²) in [6.45, 7) is 7.89. The molecule has 20 heavy (non-hydrogen) atoms.